The second-order valence-corrected chi connectivity index (χ2v) is 5.86. The Bertz CT molecular complexity index is 853. The second-order valence-electron chi connectivity index (χ2n) is 5.86. The number of anilines is 1. The molecule has 0 radical (unpaired) electrons. The van der Waals surface area contributed by atoms with Crippen molar-refractivity contribution in [3.63, 3.8) is 0 Å². The van der Waals surface area contributed by atoms with Gasteiger partial charge in [-0.05, 0) is 24.3 Å². The molecule has 2 aromatic heterocycles. The number of nitrogens with zero attached hydrogens (tertiary/aromatic N) is 3. The third kappa shape index (κ3) is 3.32. The first-order valence-corrected chi connectivity index (χ1v) is 8.31. The number of para-hydroxylation sites is 2. The number of pyridine rings is 1. The maximum absolute atomic E-state index is 12.6. The van der Waals surface area contributed by atoms with Gasteiger partial charge in [0, 0.05) is 19.3 Å². The molecule has 7 heteroatoms. The fourth-order valence-corrected chi connectivity index (χ4v) is 2.95. The molecular weight excluding hydrogens is 318 g/mol. The molecule has 7 nitrogen and oxygen atoms in total. The van der Waals surface area contributed by atoms with Gasteiger partial charge in [-0.25, -0.2) is 9.97 Å². The van der Waals surface area contributed by atoms with Gasteiger partial charge in [-0.15, -0.1) is 0 Å². The second kappa shape index (κ2) is 6.90. The number of nitrogens with one attached hydrogen (secondary N) is 2. The number of fused-ring (bicyclic) bond motifs is 1. The van der Waals surface area contributed by atoms with Crippen molar-refractivity contribution in [3.8, 4) is 0 Å². The van der Waals surface area contributed by atoms with Gasteiger partial charge in [-0.2, -0.15) is 0 Å². The van der Waals surface area contributed by atoms with E-state index in [1.165, 1.54) is 0 Å². The maximum Gasteiger partial charge on any atom is 0.255 e. The van der Waals surface area contributed by atoms with E-state index in [4.69, 9.17) is 4.74 Å². The number of hydrogen-bond acceptors (Lipinski definition) is 5. The molecule has 0 saturated carbocycles. The van der Waals surface area contributed by atoms with E-state index < -0.39 is 0 Å². The molecule has 1 aliphatic heterocycles. The van der Waals surface area contributed by atoms with Crippen molar-refractivity contribution < 1.29 is 9.53 Å². The summed E-state index contributed by atoms with van der Waals surface area (Å²) in [6.45, 7) is 3.11. The van der Waals surface area contributed by atoms with Gasteiger partial charge in [0.05, 0.1) is 36.4 Å². The van der Waals surface area contributed by atoms with Crippen molar-refractivity contribution >= 4 is 22.8 Å². The summed E-state index contributed by atoms with van der Waals surface area (Å²) in [5, 5.41) is 2.93. The standard InChI is InChI=1S/C18H19N5O2/c24-18(20-12-16-21-14-5-1-2-6-15(14)22-16)13-4-3-7-19-17(13)23-8-10-25-11-9-23/h1-7H,8-12H2,(H,20,24)(H,21,22). The Hall–Kier alpha value is -2.93. The van der Waals surface area contributed by atoms with Gasteiger partial charge in [0.15, 0.2) is 0 Å². The van der Waals surface area contributed by atoms with Crippen LogP contribution in [-0.4, -0.2) is 47.2 Å². The van der Waals surface area contributed by atoms with Crippen LogP contribution in [0.15, 0.2) is 42.6 Å². The first kappa shape index (κ1) is 15.6. The summed E-state index contributed by atoms with van der Waals surface area (Å²) in [5.41, 5.74) is 2.42. The maximum atomic E-state index is 12.6. The van der Waals surface area contributed by atoms with Crippen molar-refractivity contribution in [3.05, 3.63) is 54.0 Å². The zero-order valence-corrected chi connectivity index (χ0v) is 13.7. The molecule has 1 amide bonds. The average Bonchev–Trinajstić information content (AvgIpc) is 3.10. The van der Waals surface area contributed by atoms with Crippen molar-refractivity contribution in [2.24, 2.45) is 0 Å². The topological polar surface area (TPSA) is 83.1 Å². The molecule has 0 aliphatic carbocycles. The molecule has 1 aliphatic rings. The summed E-state index contributed by atoms with van der Waals surface area (Å²) >= 11 is 0. The molecular formula is C18H19N5O2. The van der Waals surface area contributed by atoms with Gasteiger partial charge in [0.1, 0.15) is 11.6 Å². The Morgan fingerprint density at radius 2 is 2.04 bits per heavy atom. The summed E-state index contributed by atoms with van der Waals surface area (Å²) in [6, 6.07) is 11.4. The highest BCUT2D eigenvalue weighted by atomic mass is 16.5. The van der Waals surface area contributed by atoms with Gasteiger partial charge in [0.2, 0.25) is 0 Å². The van der Waals surface area contributed by atoms with Gasteiger partial charge in [-0.3, -0.25) is 4.79 Å². The predicted molar refractivity (Wildman–Crippen MR) is 94.5 cm³/mol. The number of ether oxygens (including phenoxy) is 1. The van der Waals surface area contributed by atoms with E-state index in [1.54, 1.807) is 18.3 Å². The van der Waals surface area contributed by atoms with E-state index in [1.807, 2.05) is 24.3 Å². The van der Waals surface area contributed by atoms with Crippen LogP contribution in [0.25, 0.3) is 11.0 Å². The lowest BCUT2D eigenvalue weighted by Crippen LogP contribution is -2.38. The van der Waals surface area contributed by atoms with Gasteiger partial charge in [0.25, 0.3) is 5.91 Å². The van der Waals surface area contributed by atoms with E-state index in [2.05, 4.69) is 25.2 Å². The Morgan fingerprint density at radius 3 is 2.88 bits per heavy atom. The lowest BCUT2D eigenvalue weighted by molar-refractivity contribution is 0.0948. The van der Waals surface area contributed by atoms with Gasteiger partial charge < -0.3 is 19.9 Å². The number of morpholine rings is 1. The Labute approximate surface area is 145 Å². The van der Waals surface area contributed by atoms with Crippen LogP contribution in [0.5, 0.6) is 0 Å². The molecule has 0 atom stereocenters. The lowest BCUT2D eigenvalue weighted by atomic mass is 10.2. The zero-order valence-electron chi connectivity index (χ0n) is 13.7. The molecule has 2 N–H and O–H groups in total. The molecule has 3 aromatic rings. The molecule has 1 saturated heterocycles. The fourth-order valence-electron chi connectivity index (χ4n) is 2.95. The molecule has 128 valence electrons. The molecule has 3 heterocycles. The number of aromatic nitrogens is 3. The van der Waals surface area contributed by atoms with Crippen LogP contribution in [0.2, 0.25) is 0 Å². The minimum atomic E-state index is -0.157. The van der Waals surface area contributed by atoms with Crippen LogP contribution in [-0.2, 0) is 11.3 Å². The number of aromatic amines is 1. The van der Waals surface area contributed by atoms with Crippen LogP contribution in [0, 0.1) is 0 Å². The number of amides is 1. The molecule has 0 spiro atoms. The normalized spacial score (nSPS) is 14.6. The van der Waals surface area contributed by atoms with E-state index in [9.17, 15) is 4.79 Å². The highest BCUT2D eigenvalue weighted by molar-refractivity contribution is 5.98. The summed E-state index contributed by atoms with van der Waals surface area (Å²) in [6.07, 6.45) is 1.71. The highest BCUT2D eigenvalue weighted by Gasteiger charge is 2.19. The van der Waals surface area contributed by atoms with Crippen molar-refractivity contribution in [2.45, 2.75) is 6.54 Å². The van der Waals surface area contributed by atoms with E-state index in [0.717, 1.165) is 29.9 Å². The van der Waals surface area contributed by atoms with Gasteiger partial charge >= 0.3 is 0 Å². The fraction of sp³-hybridized carbons (Fsp3) is 0.278. The van der Waals surface area contributed by atoms with Crippen LogP contribution in [0.4, 0.5) is 5.82 Å². The number of imidazole rings is 1. The smallest absolute Gasteiger partial charge is 0.255 e. The first-order valence-electron chi connectivity index (χ1n) is 8.31. The third-order valence-corrected chi connectivity index (χ3v) is 4.20. The van der Waals surface area contributed by atoms with E-state index in [0.29, 0.717) is 31.1 Å². The minimum Gasteiger partial charge on any atom is -0.378 e. The number of H-pyrrole nitrogens is 1. The SMILES string of the molecule is O=C(NCc1nc2ccccc2[nH]1)c1cccnc1N1CCOCC1. The third-order valence-electron chi connectivity index (χ3n) is 4.20. The van der Waals surface area contributed by atoms with Crippen LogP contribution in [0.3, 0.4) is 0 Å². The molecule has 0 bridgehead atoms. The quantitative estimate of drug-likeness (QED) is 0.757. The Kier molecular flexibility index (Phi) is 4.30. The van der Waals surface area contributed by atoms with Crippen molar-refractivity contribution in [2.75, 3.05) is 31.2 Å². The number of hydrogen-bond donors (Lipinski definition) is 2. The zero-order chi connectivity index (χ0) is 17.1. The first-order chi connectivity index (χ1) is 12.3. The Morgan fingerprint density at radius 1 is 1.20 bits per heavy atom. The summed E-state index contributed by atoms with van der Waals surface area (Å²) in [4.78, 5) is 26.8. The monoisotopic (exact) mass is 337 g/mol. The average molecular weight is 337 g/mol. The summed E-state index contributed by atoms with van der Waals surface area (Å²) in [7, 11) is 0. The number of carbonyl (C=O) groups excluding carboxylic acids is 1. The minimum absolute atomic E-state index is 0.157. The van der Waals surface area contributed by atoms with E-state index >= 15 is 0 Å². The molecule has 25 heavy (non-hydrogen) atoms. The Balaban J connectivity index is 1.49. The van der Waals surface area contributed by atoms with Crippen molar-refractivity contribution in [1.29, 1.82) is 0 Å². The molecule has 0 unspecified atom stereocenters. The number of rotatable bonds is 4. The van der Waals surface area contributed by atoms with Crippen LogP contribution in [0.1, 0.15) is 16.2 Å². The summed E-state index contributed by atoms with van der Waals surface area (Å²) < 4.78 is 5.37. The molecule has 1 fully saturated rings. The predicted octanol–water partition coefficient (Wildman–Crippen LogP) is 1.72. The van der Waals surface area contributed by atoms with Crippen LogP contribution >= 0.6 is 0 Å². The number of benzene rings is 1. The molecule has 4 rings (SSSR count). The van der Waals surface area contributed by atoms with E-state index in [-0.39, 0.29) is 5.91 Å². The summed E-state index contributed by atoms with van der Waals surface area (Å²) in [5.74, 6) is 1.27. The van der Waals surface area contributed by atoms with Gasteiger partial charge in [-0.1, -0.05) is 12.1 Å². The van der Waals surface area contributed by atoms with Crippen molar-refractivity contribution in [1.82, 2.24) is 20.3 Å². The highest BCUT2D eigenvalue weighted by Crippen LogP contribution is 2.18. The largest absolute Gasteiger partial charge is 0.378 e. The number of carbonyl (C=O) groups is 1. The molecule has 1 aromatic carbocycles. The van der Waals surface area contributed by atoms with Crippen LogP contribution < -0.4 is 10.2 Å². The lowest BCUT2D eigenvalue weighted by Gasteiger charge is -2.29.